The molecule has 2 heterocycles. The maximum absolute atomic E-state index is 12.7. The van der Waals surface area contributed by atoms with Crippen LogP contribution in [0.3, 0.4) is 0 Å². The smallest absolute Gasteiger partial charge is 0.410 e. The lowest BCUT2D eigenvalue weighted by Gasteiger charge is -2.42. The minimum Gasteiger partial charge on any atom is -0.444 e. The van der Waals surface area contributed by atoms with Crippen LogP contribution in [0, 0.1) is 6.92 Å². The van der Waals surface area contributed by atoms with E-state index < -0.39 is 5.60 Å². The summed E-state index contributed by atoms with van der Waals surface area (Å²) in [4.78, 5) is 26.5. The summed E-state index contributed by atoms with van der Waals surface area (Å²) in [5.41, 5.74) is 4.41. The van der Waals surface area contributed by atoms with E-state index in [1.165, 1.54) is 27.5 Å². The van der Waals surface area contributed by atoms with Crippen molar-refractivity contribution < 1.29 is 14.6 Å². The lowest BCUT2D eigenvalue weighted by molar-refractivity contribution is 0.0197. The highest BCUT2D eigenvalue weighted by atomic mass is 32.2. The van der Waals surface area contributed by atoms with E-state index in [2.05, 4.69) is 48.2 Å². The molecule has 202 valence electrons. The number of fused-ring (bicyclic) bond motifs is 2. The van der Waals surface area contributed by atoms with Crippen molar-refractivity contribution >= 4 is 34.4 Å². The topological polar surface area (TPSA) is 78.8 Å². The molecule has 0 saturated carbocycles. The fraction of sp³-hybridized carbons (Fsp3) is 0.500. The van der Waals surface area contributed by atoms with Crippen LogP contribution in [0.15, 0.2) is 41.6 Å². The van der Waals surface area contributed by atoms with Crippen molar-refractivity contribution in [3.63, 3.8) is 0 Å². The second-order valence-electron chi connectivity index (χ2n) is 11.4. The van der Waals surface area contributed by atoms with E-state index in [0.29, 0.717) is 25.6 Å². The number of hydrogen-bond acceptors (Lipinski definition) is 7. The van der Waals surface area contributed by atoms with Gasteiger partial charge in [0.15, 0.2) is 5.16 Å². The second-order valence-corrected chi connectivity index (χ2v) is 12.2. The summed E-state index contributed by atoms with van der Waals surface area (Å²) < 4.78 is 5.59. The number of aliphatic hydroxyl groups excluding tert-OH is 1. The van der Waals surface area contributed by atoms with Crippen LogP contribution in [0.4, 0.5) is 10.6 Å². The molecule has 1 amide bonds. The van der Waals surface area contributed by atoms with Crippen LogP contribution in [0.5, 0.6) is 0 Å². The Kier molecular flexibility index (Phi) is 7.56. The molecule has 1 saturated heterocycles. The van der Waals surface area contributed by atoms with Crippen molar-refractivity contribution in [2.24, 2.45) is 0 Å². The van der Waals surface area contributed by atoms with E-state index in [1.807, 2.05) is 27.0 Å². The van der Waals surface area contributed by atoms with Gasteiger partial charge in [0.25, 0.3) is 0 Å². The Bertz CT molecular complexity index is 1340. The van der Waals surface area contributed by atoms with Crippen molar-refractivity contribution in [3.05, 3.63) is 58.8 Å². The summed E-state index contributed by atoms with van der Waals surface area (Å²) in [6.45, 7) is 9.23. The van der Waals surface area contributed by atoms with Crippen molar-refractivity contribution in [1.82, 2.24) is 14.9 Å². The third kappa shape index (κ3) is 5.47. The number of aliphatic hydroxyl groups is 1. The van der Waals surface area contributed by atoms with E-state index in [-0.39, 0.29) is 18.7 Å². The first-order chi connectivity index (χ1) is 18.2. The van der Waals surface area contributed by atoms with Gasteiger partial charge < -0.3 is 19.6 Å². The lowest BCUT2D eigenvalue weighted by Crippen LogP contribution is -2.57. The summed E-state index contributed by atoms with van der Waals surface area (Å²) in [5, 5.41) is 13.7. The molecule has 0 bridgehead atoms. The average Bonchev–Trinajstić information content (AvgIpc) is 2.90. The van der Waals surface area contributed by atoms with Crippen LogP contribution in [-0.4, -0.2) is 70.2 Å². The third-order valence-corrected chi connectivity index (χ3v) is 8.06. The number of piperazine rings is 1. The zero-order valence-electron chi connectivity index (χ0n) is 23.0. The van der Waals surface area contributed by atoms with Gasteiger partial charge in [-0.1, -0.05) is 53.7 Å². The molecule has 0 radical (unpaired) electrons. The summed E-state index contributed by atoms with van der Waals surface area (Å²) in [6, 6.07) is 13.0. The van der Waals surface area contributed by atoms with E-state index in [0.717, 1.165) is 35.9 Å². The summed E-state index contributed by atoms with van der Waals surface area (Å²) in [7, 11) is 0. The van der Waals surface area contributed by atoms with Gasteiger partial charge in [-0.3, -0.25) is 0 Å². The number of thioether (sulfide) groups is 1. The molecular formula is C30H38N4O3S. The zero-order chi connectivity index (χ0) is 27.0. The maximum Gasteiger partial charge on any atom is 0.410 e. The molecule has 1 aromatic heterocycles. The Hall–Kier alpha value is -2.84. The first kappa shape index (κ1) is 26.8. The Morgan fingerprint density at radius 3 is 2.71 bits per heavy atom. The molecule has 0 spiro atoms. The Labute approximate surface area is 229 Å². The largest absolute Gasteiger partial charge is 0.444 e. The maximum atomic E-state index is 12.7. The fourth-order valence-electron chi connectivity index (χ4n) is 5.78. The van der Waals surface area contributed by atoms with Crippen LogP contribution in [0.1, 0.15) is 55.5 Å². The number of carbonyl (C=O) groups is 1. The molecule has 1 N–H and O–H groups in total. The number of rotatable bonds is 4. The molecule has 38 heavy (non-hydrogen) atoms. The third-order valence-electron chi connectivity index (χ3n) is 7.51. The summed E-state index contributed by atoms with van der Waals surface area (Å²) in [6.07, 6.45) is 4.45. The molecule has 7 nitrogen and oxygen atoms in total. The molecule has 2 aromatic carbocycles. The quantitative estimate of drug-likeness (QED) is 0.357. The highest BCUT2D eigenvalue weighted by Gasteiger charge is 2.35. The number of nitrogens with zero attached hydrogens (tertiary/aromatic N) is 4. The van der Waals surface area contributed by atoms with Gasteiger partial charge in [-0.25, -0.2) is 14.8 Å². The Morgan fingerprint density at radius 2 is 1.97 bits per heavy atom. The number of aromatic nitrogens is 2. The van der Waals surface area contributed by atoms with Crippen molar-refractivity contribution in [2.75, 3.05) is 37.4 Å². The van der Waals surface area contributed by atoms with Gasteiger partial charge >= 0.3 is 6.09 Å². The average molecular weight is 535 g/mol. The minimum absolute atomic E-state index is 0.0649. The molecule has 2 aliphatic rings. The van der Waals surface area contributed by atoms with Crippen LogP contribution < -0.4 is 4.90 Å². The van der Waals surface area contributed by atoms with Gasteiger partial charge in [0.1, 0.15) is 11.4 Å². The molecule has 5 rings (SSSR count). The van der Waals surface area contributed by atoms with E-state index in [9.17, 15) is 9.90 Å². The van der Waals surface area contributed by atoms with Crippen LogP contribution in [0.25, 0.3) is 10.8 Å². The van der Waals surface area contributed by atoms with Crippen LogP contribution in [-0.2, 0) is 17.6 Å². The summed E-state index contributed by atoms with van der Waals surface area (Å²) >= 11 is 1.55. The predicted octanol–water partition coefficient (Wildman–Crippen LogP) is 5.35. The zero-order valence-corrected chi connectivity index (χ0v) is 23.8. The molecule has 1 unspecified atom stereocenters. The Morgan fingerprint density at radius 1 is 1.18 bits per heavy atom. The SMILES string of the molecule is CSc1nc2c(c(N3CCN(C(=O)OC(C)(C)C)C[C@@H]3CO)n1)CCC(c1cc(C)cc3ccccc13)C2. The number of benzene rings is 2. The van der Waals surface area contributed by atoms with Crippen molar-refractivity contribution in [1.29, 1.82) is 0 Å². The normalized spacial score (nSPS) is 19.9. The molecule has 3 aromatic rings. The van der Waals surface area contributed by atoms with Gasteiger partial charge in [0.2, 0.25) is 0 Å². The highest BCUT2D eigenvalue weighted by Crippen LogP contribution is 2.40. The number of carbonyl (C=O) groups excluding carboxylic acids is 1. The molecule has 1 aliphatic carbocycles. The van der Waals surface area contributed by atoms with Gasteiger partial charge in [0, 0.05) is 25.2 Å². The summed E-state index contributed by atoms with van der Waals surface area (Å²) in [5.74, 6) is 1.30. The molecular weight excluding hydrogens is 496 g/mol. The van der Waals surface area contributed by atoms with Gasteiger partial charge in [0.05, 0.1) is 18.3 Å². The number of amides is 1. The first-order valence-electron chi connectivity index (χ1n) is 13.5. The van der Waals surface area contributed by atoms with Gasteiger partial charge in [-0.05, 0) is 75.5 Å². The monoisotopic (exact) mass is 534 g/mol. The van der Waals surface area contributed by atoms with Crippen molar-refractivity contribution in [2.45, 2.75) is 69.7 Å². The predicted molar refractivity (Wildman–Crippen MR) is 153 cm³/mol. The van der Waals surface area contributed by atoms with E-state index >= 15 is 0 Å². The van der Waals surface area contributed by atoms with E-state index in [1.54, 1.807) is 16.7 Å². The van der Waals surface area contributed by atoms with Gasteiger partial charge in [-0.2, -0.15) is 0 Å². The minimum atomic E-state index is -0.554. The number of ether oxygens (including phenoxy) is 1. The highest BCUT2D eigenvalue weighted by molar-refractivity contribution is 7.98. The van der Waals surface area contributed by atoms with Crippen LogP contribution in [0.2, 0.25) is 0 Å². The number of aryl methyl sites for hydroxylation is 1. The molecule has 8 heteroatoms. The first-order valence-corrected chi connectivity index (χ1v) is 14.7. The standard InChI is InChI=1S/C30H38N4O3S/c1-19-14-20-8-6-7-9-23(20)25(15-19)21-10-11-24-26(16-21)31-28(38-5)32-27(24)34-13-12-33(17-22(34)18-35)29(36)37-30(2,3)4/h6-9,14-15,21-22,35H,10-13,16-18H2,1-5H3/t21?,22-/m1/s1. The molecule has 1 fully saturated rings. The second kappa shape index (κ2) is 10.7. The van der Waals surface area contributed by atoms with E-state index in [4.69, 9.17) is 14.7 Å². The number of hydrogen-bond donors (Lipinski definition) is 1. The fourth-order valence-corrected chi connectivity index (χ4v) is 6.16. The van der Waals surface area contributed by atoms with Gasteiger partial charge in [-0.15, -0.1) is 0 Å². The van der Waals surface area contributed by atoms with Crippen molar-refractivity contribution in [3.8, 4) is 0 Å². The lowest BCUT2D eigenvalue weighted by atomic mass is 9.80. The molecule has 1 aliphatic heterocycles. The Balaban J connectivity index is 1.44. The van der Waals surface area contributed by atoms with Crippen LogP contribution >= 0.6 is 11.8 Å². The molecule has 2 atom stereocenters. The number of anilines is 1.